The highest BCUT2D eigenvalue weighted by Crippen LogP contribution is 2.31. The van der Waals surface area contributed by atoms with Gasteiger partial charge in [0, 0.05) is 19.2 Å². The Morgan fingerprint density at radius 1 is 1.25 bits per heavy atom. The van der Waals surface area contributed by atoms with E-state index in [9.17, 15) is 18.5 Å². The lowest BCUT2D eigenvalue weighted by Crippen LogP contribution is -2.33. The molecular weight excluding hydrogens is 282 g/mol. The summed E-state index contributed by atoms with van der Waals surface area (Å²) in [7, 11) is -3.73. The molecule has 1 aliphatic heterocycles. The predicted octanol–water partition coefficient (Wildman–Crippen LogP) is 1.96. The van der Waals surface area contributed by atoms with Gasteiger partial charge in [-0.25, -0.2) is 0 Å². The number of hydrogen-bond acceptors (Lipinski definition) is 4. The summed E-state index contributed by atoms with van der Waals surface area (Å²) in [5.41, 5.74) is 1.09. The molecule has 1 heterocycles. The molecule has 0 saturated carbocycles. The van der Waals surface area contributed by atoms with Crippen molar-refractivity contribution >= 4 is 21.6 Å². The minimum atomic E-state index is -3.73. The fourth-order valence-electron chi connectivity index (χ4n) is 2.34. The Labute approximate surface area is 117 Å². The lowest BCUT2D eigenvalue weighted by Gasteiger charge is -2.18. The maximum absolute atomic E-state index is 12.2. The number of rotatable bonds is 4. The third-order valence-corrected chi connectivity index (χ3v) is 4.80. The van der Waals surface area contributed by atoms with Crippen LogP contribution in [0.3, 0.4) is 0 Å². The molecule has 0 aromatic heterocycles. The molecule has 0 aliphatic carbocycles. The minimum absolute atomic E-state index is 0.0486. The number of hydrogen-bond donors (Lipinski definition) is 1. The Balaban J connectivity index is 2.40. The lowest BCUT2D eigenvalue weighted by molar-refractivity contribution is -0.384. The molecule has 1 aromatic rings. The van der Waals surface area contributed by atoms with Crippen molar-refractivity contribution in [1.29, 1.82) is 0 Å². The van der Waals surface area contributed by atoms with Gasteiger partial charge in [-0.2, -0.15) is 12.7 Å². The van der Waals surface area contributed by atoms with Crippen LogP contribution in [0.25, 0.3) is 0 Å². The molecule has 1 aliphatic rings. The second kappa shape index (κ2) is 5.37. The summed E-state index contributed by atoms with van der Waals surface area (Å²) >= 11 is 0. The molecule has 110 valence electrons. The van der Waals surface area contributed by atoms with E-state index < -0.39 is 15.1 Å². The van der Waals surface area contributed by atoms with Crippen molar-refractivity contribution in [2.75, 3.05) is 17.8 Å². The van der Waals surface area contributed by atoms with Crippen LogP contribution in [0.2, 0.25) is 0 Å². The summed E-state index contributed by atoms with van der Waals surface area (Å²) in [5.74, 6) is 0. The van der Waals surface area contributed by atoms with E-state index in [0.717, 1.165) is 18.4 Å². The fourth-order valence-corrected chi connectivity index (χ4v) is 3.74. The Kier molecular flexibility index (Phi) is 3.96. The first-order valence-corrected chi connectivity index (χ1v) is 7.79. The maximum Gasteiger partial charge on any atom is 0.301 e. The van der Waals surface area contributed by atoms with Crippen molar-refractivity contribution in [1.82, 2.24) is 4.31 Å². The molecule has 0 amide bonds. The third kappa shape index (κ3) is 2.91. The smallest absolute Gasteiger partial charge is 0.264 e. The van der Waals surface area contributed by atoms with Crippen LogP contribution in [0.5, 0.6) is 0 Å². The molecule has 0 radical (unpaired) electrons. The zero-order valence-electron chi connectivity index (χ0n) is 11.4. The highest BCUT2D eigenvalue weighted by Gasteiger charge is 2.28. The van der Waals surface area contributed by atoms with Crippen molar-refractivity contribution in [2.24, 2.45) is 0 Å². The zero-order valence-corrected chi connectivity index (χ0v) is 12.2. The van der Waals surface area contributed by atoms with Gasteiger partial charge in [0.25, 0.3) is 5.69 Å². The van der Waals surface area contributed by atoms with E-state index in [1.54, 1.807) is 19.9 Å². The number of nitrogens with one attached hydrogen (secondary N) is 1. The first kappa shape index (κ1) is 14.7. The number of benzene rings is 1. The third-order valence-electron chi connectivity index (χ3n) is 3.29. The highest BCUT2D eigenvalue weighted by atomic mass is 32.2. The topological polar surface area (TPSA) is 92.6 Å². The van der Waals surface area contributed by atoms with Gasteiger partial charge in [0.2, 0.25) is 0 Å². The molecule has 1 N–H and O–H groups in total. The lowest BCUT2D eigenvalue weighted by atomic mass is 10.1. The summed E-state index contributed by atoms with van der Waals surface area (Å²) in [4.78, 5) is 10.5. The average Bonchev–Trinajstić information content (AvgIpc) is 2.86. The summed E-state index contributed by atoms with van der Waals surface area (Å²) < 4.78 is 28.1. The molecule has 0 atom stereocenters. The van der Waals surface area contributed by atoms with Crippen LogP contribution < -0.4 is 4.72 Å². The second-order valence-electron chi connectivity index (χ2n) is 4.95. The molecule has 1 saturated heterocycles. The SMILES string of the molecule is Cc1cc(C)c(NS(=O)(=O)N2CCCC2)c([N+](=O)[O-])c1. The van der Waals surface area contributed by atoms with Crippen molar-refractivity contribution < 1.29 is 13.3 Å². The summed E-state index contributed by atoms with van der Waals surface area (Å²) in [5, 5.41) is 11.1. The molecule has 1 fully saturated rings. The van der Waals surface area contributed by atoms with Crippen LogP contribution in [0.15, 0.2) is 12.1 Å². The molecule has 1 aromatic carbocycles. The monoisotopic (exact) mass is 299 g/mol. The van der Waals surface area contributed by atoms with Gasteiger partial charge in [0.05, 0.1) is 4.92 Å². The fraction of sp³-hybridized carbons (Fsp3) is 0.500. The quantitative estimate of drug-likeness (QED) is 0.679. The van der Waals surface area contributed by atoms with E-state index in [1.807, 2.05) is 0 Å². The van der Waals surface area contributed by atoms with Gasteiger partial charge in [0.1, 0.15) is 5.69 Å². The molecule has 7 nitrogen and oxygen atoms in total. The van der Waals surface area contributed by atoms with Crippen LogP contribution in [-0.2, 0) is 10.2 Å². The van der Waals surface area contributed by atoms with Gasteiger partial charge < -0.3 is 0 Å². The van der Waals surface area contributed by atoms with E-state index in [1.165, 1.54) is 10.4 Å². The highest BCUT2D eigenvalue weighted by molar-refractivity contribution is 7.90. The standard InChI is InChI=1S/C12H17N3O4S/c1-9-7-10(2)12(11(8-9)15(16)17)13-20(18,19)14-5-3-4-6-14/h7-8,13H,3-6H2,1-2H3. The number of aryl methyl sites for hydroxylation is 2. The summed E-state index contributed by atoms with van der Waals surface area (Å²) in [6.07, 6.45) is 1.63. The van der Waals surface area contributed by atoms with Crippen molar-refractivity contribution in [3.63, 3.8) is 0 Å². The normalized spacial score (nSPS) is 16.3. The zero-order chi connectivity index (χ0) is 14.9. The molecule has 0 spiro atoms. The van der Waals surface area contributed by atoms with Crippen LogP contribution in [0.4, 0.5) is 11.4 Å². The van der Waals surface area contributed by atoms with Gasteiger partial charge in [-0.1, -0.05) is 6.07 Å². The minimum Gasteiger partial charge on any atom is -0.264 e. The van der Waals surface area contributed by atoms with E-state index in [4.69, 9.17) is 0 Å². The van der Waals surface area contributed by atoms with E-state index in [2.05, 4.69) is 4.72 Å². The first-order chi connectivity index (χ1) is 9.31. The van der Waals surface area contributed by atoms with Gasteiger partial charge >= 0.3 is 10.2 Å². The number of anilines is 1. The summed E-state index contributed by atoms with van der Waals surface area (Å²) in [6.45, 7) is 4.29. The predicted molar refractivity (Wildman–Crippen MR) is 75.9 cm³/mol. The molecule has 2 rings (SSSR count). The maximum atomic E-state index is 12.2. The largest absolute Gasteiger partial charge is 0.301 e. The molecule has 0 unspecified atom stereocenters. The van der Waals surface area contributed by atoms with Gasteiger partial charge in [-0.15, -0.1) is 0 Å². The first-order valence-electron chi connectivity index (χ1n) is 6.35. The number of nitro benzene ring substituents is 1. The Bertz CT molecular complexity index is 636. The molecular formula is C12H17N3O4S. The van der Waals surface area contributed by atoms with Crippen molar-refractivity contribution in [3.8, 4) is 0 Å². The van der Waals surface area contributed by atoms with Gasteiger partial charge in [-0.3, -0.25) is 14.8 Å². The van der Waals surface area contributed by atoms with Crippen LogP contribution >= 0.6 is 0 Å². The molecule has 8 heteroatoms. The number of nitrogens with zero attached hydrogens (tertiary/aromatic N) is 2. The van der Waals surface area contributed by atoms with Crippen molar-refractivity contribution in [3.05, 3.63) is 33.4 Å². The van der Waals surface area contributed by atoms with Crippen LogP contribution in [0.1, 0.15) is 24.0 Å². The van der Waals surface area contributed by atoms with Crippen LogP contribution in [0, 0.1) is 24.0 Å². The second-order valence-corrected chi connectivity index (χ2v) is 6.62. The van der Waals surface area contributed by atoms with Crippen molar-refractivity contribution in [2.45, 2.75) is 26.7 Å². The Morgan fingerprint density at radius 3 is 2.40 bits per heavy atom. The number of nitro groups is 1. The molecule has 0 bridgehead atoms. The van der Waals surface area contributed by atoms with E-state index in [0.29, 0.717) is 18.7 Å². The van der Waals surface area contributed by atoms with E-state index >= 15 is 0 Å². The van der Waals surface area contributed by atoms with Crippen LogP contribution in [-0.4, -0.2) is 30.7 Å². The van der Waals surface area contributed by atoms with E-state index in [-0.39, 0.29) is 11.4 Å². The molecule has 20 heavy (non-hydrogen) atoms. The summed E-state index contributed by atoms with van der Waals surface area (Å²) in [6, 6.07) is 3.09. The Morgan fingerprint density at radius 2 is 1.85 bits per heavy atom. The van der Waals surface area contributed by atoms with Gasteiger partial charge in [-0.05, 0) is 37.8 Å². The Hall–Kier alpha value is -1.67. The average molecular weight is 299 g/mol. The van der Waals surface area contributed by atoms with Gasteiger partial charge in [0.15, 0.2) is 0 Å².